The van der Waals surface area contributed by atoms with Gasteiger partial charge >= 0.3 is 13.6 Å². The van der Waals surface area contributed by atoms with Gasteiger partial charge in [-0.1, -0.05) is 12.8 Å². The molecule has 2 rings (SSSR count). The van der Waals surface area contributed by atoms with Gasteiger partial charge in [0.25, 0.3) is 5.37 Å². The Bertz CT molecular complexity index is 504. The van der Waals surface area contributed by atoms with Gasteiger partial charge in [0.15, 0.2) is 6.04 Å². The van der Waals surface area contributed by atoms with Crippen LogP contribution in [0.4, 0.5) is 0 Å². The maximum absolute atomic E-state index is 12.2. The van der Waals surface area contributed by atoms with Crippen molar-refractivity contribution in [1.82, 2.24) is 0 Å². The van der Waals surface area contributed by atoms with Gasteiger partial charge in [-0.3, -0.25) is 4.57 Å². The molecule has 0 aromatic carbocycles. The maximum atomic E-state index is 12.2. The number of hydrogen-bond acceptors (Lipinski definition) is 3. The van der Waals surface area contributed by atoms with E-state index in [1.165, 1.54) is 31.9 Å². The Morgan fingerprint density at radius 2 is 1.71 bits per heavy atom. The summed E-state index contributed by atoms with van der Waals surface area (Å²) in [6.07, 6.45) is 12.0. The lowest BCUT2D eigenvalue weighted by molar-refractivity contribution is -0.574. The molecule has 138 valence electrons. The lowest BCUT2D eigenvalue weighted by Gasteiger charge is -2.26. The van der Waals surface area contributed by atoms with Gasteiger partial charge in [-0.25, -0.2) is 0 Å². The minimum absolute atomic E-state index is 0.131. The van der Waals surface area contributed by atoms with Gasteiger partial charge in [0.1, 0.15) is 12.2 Å². The second-order valence-electron chi connectivity index (χ2n) is 7.02. The molecule has 6 nitrogen and oxygen atoms in total. The zero-order valence-corrected chi connectivity index (χ0v) is 16.2. The first-order chi connectivity index (χ1) is 11.4. The summed E-state index contributed by atoms with van der Waals surface area (Å²) in [5, 5.41) is -0.721. The van der Waals surface area contributed by atoms with E-state index < -0.39 is 30.3 Å². The van der Waals surface area contributed by atoms with Crippen LogP contribution in [0.15, 0.2) is 4.99 Å². The number of aliphatic imine (C=N–C) groups is 1. The van der Waals surface area contributed by atoms with Crippen molar-refractivity contribution in [3.63, 3.8) is 0 Å². The van der Waals surface area contributed by atoms with E-state index in [0.717, 1.165) is 38.5 Å². The Morgan fingerprint density at radius 3 is 2.21 bits per heavy atom. The summed E-state index contributed by atoms with van der Waals surface area (Å²) in [5.41, 5.74) is 0. The van der Waals surface area contributed by atoms with E-state index in [1.54, 1.807) is 4.58 Å². The predicted octanol–water partition coefficient (Wildman–Crippen LogP) is 2.72. The zero-order chi connectivity index (χ0) is 17.6. The zero-order valence-electron chi connectivity index (χ0n) is 14.5. The standard InChI is InChI=1S/C16H29N2O4PS/c1-24(22)16(12-23(19,20)21)18(15-10-6-3-7-11-15)13-17-14-8-4-2-5-9-14/h14-16H,2-12H2,1H3,(H-,19,20,21)/p+1. The molecule has 0 radical (unpaired) electrons. The highest BCUT2D eigenvalue weighted by Gasteiger charge is 2.38. The van der Waals surface area contributed by atoms with Gasteiger partial charge in [-0.2, -0.15) is 4.58 Å². The Balaban J connectivity index is 2.28. The monoisotopic (exact) mass is 377 g/mol. The summed E-state index contributed by atoms with van der Waals surface area (Å²) in [5.74, 6) is 0. The van der Waals surface area contributed by atoms with Crippen LogP contribution in [0, 0.1) is 0 Å². The van der Waals surface area contributed by atoms with E-state index in [0.29, 0.717) is 0 Å². The fourth-order valence-electron chi connectivity index (χ4n) is 3.66. The molecule has 2 aliphatic rings. The molecular formula is C16H30N2O4PS+. The second-order valence-corrected chi connectivity index (χ2v) is 10.3. The molecule has 2 unspecified atom stereocenters. The molecule has 0 heterocycles. The Morgan fingerprint density at radius 1 is 1.17 bits per heavy atom. The molecule has 0 saturated heterocycles. The van der Waals surface area contributed by atoms with Gasteiger partial charge in [0.2, 0.25) is 0 Å². The highest BCUT2D eigenvalue weighted by molar-refractivity contribution is 7.91. The van der Waals surface area contributed by atoms with E-state index >= 15 is 0 Å². The first-order valence-electron chi connectivity index (χ1n) is 8.97. The van der Waals surface area contributed by atoms with Crippen molar-refractivity contribution >= 4 is 24.8 Å². The van der Waals surface area contributed by atoms with E-state index in [9.17, 15) is 18.9 Å². The summed E-state index contributed by atoms with van der Waals surface area (Å²) in [6.45, 7) is 0. The van der Waals surface area contributed by atoms with Gasteiger partial charge in [-0.15, -0.1) is 0 Å². The molecular weight excluding hydrogens is 347 g/mol. The largest absolute Gasteiger partial charge is 0.613 e. The van der Waals surface area contributed by atoms with Crippen molar-refractivity contribution in [2.75, 3.05) is 12.4 Å². The molecule has 2 N–H and O–H groups in total. The smallest absolute Gasteiger partial charge is 0.335 e. The Kier molecular flexibility index (Phi) is 7.99. The molecule has 2 fully saturated rings. The van der Waals surface area contributed by atoms with Crippen LogP contribution in [0.1, 0.15) is 64.2 Å². The lowest BCUT2D eigenvalue weighted by Crippen LogP contribution is -2.43. The van der Waals surface area contributed by atoms with Crippen molar-refractivity contribution in [3.8, 4) is 0 Å². The van der Waals surface area contributed by atoms with E-state index in [1.807, 2.05) is 0 Å². The van der Waals surface area contributed by atoms with E-state index in [4.69, 9.17) is 0 Å². The normalized spacial score (nSPS) is 23.3. The van der Waals surface area contributed by atoms with Crippen LogP contribution in [0.25, 0.3) is 0 Å². The van der Waals surface area contributed by atoms with E-state index in [-0.39, 0.29) is 12.1 Å². The Hall–Kier alpha value is -0.160. The van der Waals surface area contributed by atoms with E-state index in [2.05, 4.69) is 11.0 Å². The minimum Gasteiger partial charge on any atom is -0.613 e. The number of nitrogens with zero attached hydrogens (tertiary/aromatic N) is 2. The van der Waals surface area contributed by atoms with Crippen LogP contribution in [0.2, 0.25) is 0 Å². The van der Waals surface area contributed by atoms with Crippen molar-refractivity contribution in [3.05, 3.63) is 0 Å². The van der Waals surface area contributed by atoms with Crippen LogP contribution in [0.3, 0.4) is 0 Å². The molecule has 8 heteroatoms. The summed E-state index contributed by atoms with van der Waals surface area (Å²) in [6, 6.07) is 3.46. The second kappa shape index (κ2) is 9.51. The van der Waals surface area contributed by atoms with Crippen molar-refractivity contribution in [2.45, 2.75) is 81.7 Å². The van der Waals surface area contributed by atoms with Gasteiger partial charge < -0.3 is 14.3 Å². The van der Waals surface area contributed by atoms with Crippen molar-refractivity contribution in [1.29, 1.82) is 0 Å². The molecule has 0 spiro atoms. The summed E-state index contributed by atoms with van der Waals surface area (Å²) >= 11 is -1.38. The topological polar surface area (TPSA) is 96.0 Å². The third-order valence-corrected chi connectivity index (χ3v) is 7.21. The highest BCUT2D eigenvalue weighted by Crippen LogP contribution is 2.37. The Labute approximate surface area is 147 Å². The number of rotatable bonds is 6. The van der Waals surface area contributed by atoms with Crippen LogP contribution < -0.4 is 0 Å². The SMILES string of the molecule is C[S+]([O-])C(CP(=O)(O)O)[N+](=C=NC1CCCCC1)C1CCCCC1. The van der Waals surface area contributed by atoms with Crippen LogP contribution in [-0.2, 0) is 15.7 Å². The van der Waals surface area contributed by atoms with Gasteiger partial charge in [0, 0.05) is 0 Å². The molecule has 0 aromatic rings. The summed E-state index contributed by atoms with van der Waals surface area (Å²) in [4.78, 5) is 23.4. The lowest BCUT2D eigenvalue weighted by atomic mass is 9.95. The van der Waals surface area contributed by atoms with Crippen LogP contribution >= 0.6 is 7.60 Å². The molecule has 0 aliphatic heterocycles. The average Bonchev–Trinajstić information content (AvgIpc) is 2.55. The molecule has 2 aliphatic carbocycles. The summed E-state index contributed by atoms with van der Waals surface area (Å²) in [7, 11) is -4.25. The first kappa shape index (κ1) is 20.2. The number of hydrogen-bond donors (Lipinski definition) is 2. The molecule has 0 amide bonds. The minimum atomic E-state index is -4.25. The molecule has 0 bridgehead atoms. The quantitative estimate of drug-likeness (QED) is 0.322. The third-order valence-electron chi connectivity index (χ3n) is 4.99. The fourth-order valence-corrected chi connectivity index (χ4v) is 6.20. The van der Waals surface area contributed by atoms with Crippen molar-refractivity contribution < 1.29 is 23.5 Å². The summed E-state index contributed by atoms with van der Waals surface area (Å²) < 4.78 is 25.5. The highest BCUT2D eigenvalue weighted by atomic mass is 32.2. The molecule has 2 saturated carbocycles. The van der Waals surface area contributed by atoms with Gasteiger partial charge in [-0.05, 0) is 67.5 Å². The fraction of sp³-hybridized carbons (Fsp3) is 0.938. The van der Waals surface area contributed by atoms with Crippen molar-refractivity contribution in [2.24, 2.45) is 4.99 Å². The molecule has 0 aromatic heterocycles. The third kappa shape index (κ3) is 6.62. The average molecular weight is 377 g/mol. The van der Waals surface area contributed by atoms with Gasteiger partial charge in [0.05, 0.1) is 6.26 Å². The molecule has 24 heavy (non-hydrogen) atoms. The van der Waals surface area contributed by atoms with Crippen LogP contribution in [-0.4, -0.2) is 54.8 Å². The first-order valence-corrected chi connectivity index (χ1v) is 12.4. The maximum Gasteiger partial charge on any atom is 0.335 e. The van der Waals surface area contributed by atoms with Crippen LogP contribution in [0.5, 0.6) is 0 Å². The predicted molar refractivity (Wildman–Crippen MR) is 96.2 cm³/mol. The molecule has 2 atom stereocenters.